The standard InChI is InChI=1S/C41H48O6/c1-5-18-44-37-28-12-9-13-29(37)23-31-15-11-17-33(39(31)46-20-7-3)25-35-27-36(41(42)43)26-34(40(35)47-21-8-4)24-32-16-10-14-30(22-28)38(32)45-19-6-2/h9-17,26-27H,5-8,18-25H2,1-4H3,(H,42,43). The van der Waals surface area contributed by atoms with Crippen molar-refractivity contribution in [1.82, 2.24) is 0 Å². The molecular weight excluding hydrogens is 588 g/mol. The number of aromatic carboxylic acids is 1. The first kappa shape index (κ1) is 33.9. The van der Waals surface area contributed by atoms with Gasteiger partial charge in [0.15, 0.2) is 0 Å². The molecular formula is C41H48O6. The van der Waals surface area contributed by atoms with E-state index < -0.39 is 5.97 Å². The van der Waals surface area contributed by atoms with Gasteiger partial charge in [0, 0.05) is 25.7 Å². The van der Waals surface area contributed by atoms with Gasteiger partial charge in [-0.1, -0.05) is 82.3 Å². The quantitative estimate of drug-likeness (QED) is 0.139. The van der Waals surface area contributed by atoms with Gasteiger partial charge in [-0.05, 0) is 82.3 Å². The number of fused-ring (bicyclic) bond motifs is 8. The van der Waals surface area contributed by atoms with Crippen LogP contribution in [0.4, 0.5) is 0 Å². The van der Waals surface area contributed by atoms with Gasteiger partial charge in [0.1, 0.15) is 23.0 Å². The number of hydrogen-bond acceptors (Lipinski definition) is 5. The Bertz CT molecular complexity index is 1570. The van der Waals surface area contributed by atoms with E-state index in [4.69, 9.17) is 18.9 Å². The lowest BCUT2D eigenvalue weighted by molar-refractivity contribution is 0.0696. The van der Waals surface area contributed by atoms with Crippen LogP contribution in [0.15, 0.2) is 66.7 Å². The molecule has 0 spiro atoms. The van der Waals surface area contributed by atoms with Crippen molar-refractivity contribution in [2.45, 2.75) is 79.1 Å². The van der Waals surface area contributed by atoms with E-state index in [0.717, 1.165) is 93.2 Å². The Morgan fingerprint density at radius 2 is 0.745 bits per heavy atom. The fraction of sp³-hybridized carbons (Fsp3) is 0.390. The van der Waals surface area contributed by atoms with Gasteiger partial charge in [0.25, 0.3) is 0 Å². The van der Waals surface area contributed by atoms with Gasteiger partial charge in [-0.2, -0.15) is 0 Å². The summed E-state index contributed by atoms with van der Waals surface area (Å²) in [5.41, 5.74) is 8.26. The fourth-order valence-corrected chi connectivity index (χ4v) is 6.27. The predicted octanol–water partition coefficient (Wildman–Crippen LogP) is 9.22. The average Bonchev–Trinajstić information content (AvgIpc) is 3.06. The molecule has 4 aromatic rings. The summed E-state index contributed by atoms with van der Waals surface area (Å²) in [5, 5.41) is 10.2. The maximum absolute atomic E-state index is 12.5. The summed E-state index contributed by atoms with van der Waals surface area (Å²) in [6.07, 6.45) is 5.71. The Balaban J connectivity index is 1.80. The van der Waals surface area contributed by atoms with Crippen LogP contribution in [-0.2, 0) is 25.7 Å². The minimum atomic E-state index is -0.963. The molecule has 47 heavy (non-hydrogen) atoms. The molecule has 4 aromatic carbocycles. The lowest BCUT2D eigenvalue weighted by atomic mass is 9.90. The highest BCUT2D eigenvalue weighted by atomic mass is 16.5. The normalized spacial score (nSPS) is 12.3. The first-order valence-corrected chi connectivity index (χ1v) is 17.2. The molecule has 0 heterocycles. The molecule has 0 aromatic heterocycles. The fourth-order valence-electron chi connectivity index (χ4n) is 6.27. The van der Waals surface area contributed by atoms with Crippen LogP contribution in [0, 0.1) is 0 Å². The Kier molecular flexibility index (Phi) is 11.8. The molecule has 248 valence electrons. The molecule has 0 amide bonds. The second-order valence-electron chi connectivity index (χ2n) is 12.2. The monoisotopic (exact) mass is 636 g/mol. The first-order valence-electron chi connectivity index (χ1n) is 17.2. The highest BCUT2D eigenvalue weighted by Crippen LogP contribution is 2.39. The third-order valence-electron chi connectivity index (χ3n) is 8.35. The number of carboxylic acid groups (broad SMARTS) is 1. The Hall–Kier alpha value is -4.45. The summed E-state index contributed by atoms with van der Waals surface area (Å²) in [4.78, 5) is 12.5. The topological polar surface area (TPSA) is 74.2 Å². The van der Waals surface area contributed by atoms with Crippen molar-refractivity contribution in [1.29, 1.82) is 0 Å². The molecule has 0 saturated carbocycles. The van der Waals surface area contributed by atoms with E-state index >= 15 is 0 Å². The summed E-state index contributed by atoms with van der Waals surface area (Å²) in [6, 6.07) is 22.5. The van der Waals surface area contributed by atoms with E-state index in [2.05, 4.69) is 82.3 Å². The Morgan fingerprint density at radius 3 is 1.00 bits per heavy atom. The van der Waals surface area contributed by atoms with Crippen LogP contribution < -0.4 is 18.9 Å². The van der Waals surface area contributed by atoms with Gasteiger partial charge < -0.3 is 24.1 Å². The van der Waals surface area contributed by atoms with Crippen LogP contribution in [0.25, 0.3) is 0 Å². The molecule has 0 radical (unpaired) electrons. The number of ether oxygens (including phenoxy) is 4. The van der Waals surface area contributed by atoms with Crippen molar-refractivity contribution < 1.29 is 28.8 Å². The minimum absolute atomic E-state index is 0.243. The SMILES string of the molecule is CCCOc1c2cccc1Cc1cccc(c1OCCC)Cc1cc(C(=O)O)cc(c1OCCC)Cc1cccc(c1OCCC)C2. The van der Waals surface area contributed by atoms with E-state index in [-0.39, 0.29) is 5.56 Å². The molecule has 5 rings (SSSR count). The number of benzene rings is 4. The average molecular weight is 637 g/mol. The van der Waals surface area contributed by atoms with Crippen LogP contribution in [0.1, 0.15) is 108 Å². The van der Waals surface area contributed by atoms with Gasteiger partial charge in [-0.3, -0.25) is 0 Å². The molecule has 0 aliphatic heterocycles. The van der Waals surface area contributed by atoms with Gasteiger partial charge >= 0.3 is 5.97 Å². The molecule has 0 atom stereocenters. The van der Waals surface area contributed by atoms with Crippen molar-refractivity contribution in [3.8, 4) is 23.0 Å². The summed E-state index contributed by atoms with van der Waals surface area (Å²) < 4.78 is 26.0. The van der Waals surface area contributed by atoms with Gasteiger partial charge in [0.2, 0.25) is 0 Å². The molecule has 1 N–H and O–H groups in total. The van der Waals surface area contributed by atoms with Crippen molar-refractivity contribution in [3.63, 3.8) is 0 Å². The minimum Gasteiger partial charge on any atom is -0.493 e. The lowest BCUT2D eigenvalue weighted by Gasteiger charge is -2.23. The van der Waals surface area contributed by atoms with Crippen LogP contribution in [-0.4, -0.2) is 37.5 Å². The van der Waals surface area contributed by atoms with Crippen LogP contribution >= 0.6 is 0 Å². The summed E-state index contributed by atoms with van der Waals surface area (Å²) in [6.45, 7) is 10.7. The van der Waals surface area contributed by atoms with E-state index in [9.17, 15) is 9.90 Å². The molecule has 0 saturated heterocycles. The van der Waals surface area contributed by atoms with Crippen molar-refractivity contribution >= 4 is 5.97 Å². The van der Waals surface area contributed by atoms with Gasteiger partial charge in [0.05, 0.1) is 32.0 Å². The second kappa shape index (κ2) is 16.4. The first-order chi connectivity index (χ1) is 23.0. The van der Waals surface area contributed by atoms with E-state index in [0.29, 0.717) is 52.1 Å². The highest BCUT2D eigenvalue weighted by Gasteiger charge is 2.23. The zero-order valence-corrected chi connectivity index (χ0v) is 28.3. The molecule has 6 heteroatoms. The third kappa shape index (κ3) is 8.10. The zero-order chi connectivity index (χ0) is 33.2. The Morgan fingerprint density at radius 1 is 0.489 bits per heavy atom. The van der Waals surface area contributed by atoms with Crippen LogP contribution in [0.2, 0.25) is 0 Å². The Labute approximate surface area is 279 Å². The number of para-hydroxylation sites is 3. The van der Waals surface area contributed by atoms with Gasteiger partial charge in [-0.25, -0.2) is 4.79 Å². The molecule has 6 nitrogen and oxygen atoms in total. The number of carboxylic acids is 1. The smallest absolute Gasteiger partial charge is 0.335 e. The largest absolute Gasteiger partial charge is 0.493 e. The molecule has 0 unspecified atom stereocenters. The second-order valence-corrected chi connectivity index (χ2v) is 12.2. The third-order valence-corrected chi connectivity index (χ3v) is 8.35. The maximum Gasteiger partial charge on any atom is 0.335 e. The van der Waals surface area contributed by atoms with Crippen molar-refractivity contribution in [3.05, 3.63) is 117 Å². The molecule has 0 fully saturated rings. The number of carbonyl (C=O) groups is 1. The predicted molar refractivity (Wildman–Crippen MR) is 187 cm³/mol. The van der Waals surface area contributed by atoms with Crippen molar-refractivity contribution in [2.24, 2.45) is 0 Å². The molecule has 1 aliphatic rings. The van der Waals surface area contributed by atoms with Crippen molar-refractivity contribution in [2.75, 3.05) is 26.4 Å². The summed E-state index contributed by atoms with van der Waals surface area (Å²) in [5.74, 6) is 2.39. The lowest BCUT2D eigenvalue weighted by Crippen LogP contribution is -2.11. The summed E-state index contributed by atoms with van der Waals surface area (Å²) in [7, 11) is 0. The van der Waals surface area contributed by atoms with E-state index in [1.807, 2.05) is 0 Å². The summed E-state index contributed by atoms with van der Waals surface area (Å²) >= 11 is 0. The van der Waals surface area contributed by atoms with Crippen LogP contribution in [0.3, 0.4) is 0 Å². The van der Waals surface area contributed by atoms with E-state index in [1.165, 1.54) is 0 Å². The van der Waals surface area contributed by atoms with E-state index in [1.54, 1.807) is 12.1 Å². The molecule has 1 aliphatic carbocycles. The zero-order valence-electron chi connectivity index (χ0n) is 28.3. The number of hydrogen-bond donors (Lipinski definition) is 1. The number of rotatable bonds is 13. The maximum atomic E-state index is 12.5. The molecule has 8 bridgehead atoms. The highest BCUT2D eigenvalue weighted by molar-refractivity contribution is 5.88. The van der Waals surface area contributed by atoms with Crippen LogP contribution in [0.5, 0.6) is 23.0 Å². The van der Waals surface area contributed by atoms with Gasteiger partial charge in [-0.15, -0.1) is 0 Å².